The summed E-state index contributed by atoms with van der Waals surface area (Å²) in [5.74, 6) is -0.361. The van der Waals surface area contributed by atoms with Gasteiger partial charge in [0.05, 0.1) is 23.7 Å². The van der Waals surface area contributed by atoms with E-state index in [-0.39, 0.29) is 18.4 Å². The number of fused-ring (bicyclic) bond motifs is 3. The van der Waals surface area contributed by atoms with E-state index in [1.54, 1.807) is 22.6 Å². The van der Waals surface area contributed by atoms with E-state index >= 15 is 0 Å². The first kappa shape index (κ1) is 12.7. The van der Waals surface area contributed by atoms with Gasteiger partial charge in [-0.3, -0.25) is 14.0 Å². The van der Waals surface area contributed by atoms with E-state index in [0.29, 0.717) is 21.9 Å². The Balaban J connectivity index is 2.30. The molecule has 2 heterocycles. The molecule has 0 fully saturated rings. The van der Waals surface area contributed by atoms with Crippen molar-refractivity contribution in [2.75, 3.05) is 0 Å². The van der Waals surface area contributed by atoms with Gasteiger partial charge in [0.25, 0.3) is 5.56 Å². The third kappa shape index (κ3) is 2.04. The number of halogens is 1. The number of hydrogen-bond acceptors (Lipinski definition) is 3. The van der Waals surface area contributed by atoms with Crippen molar-refractivity contribution in [3.05, 3.63) is 45.6 Å². The number of rotatable bonds is 3. The number of imidazole rings is 1. The average molecular weight is 292 g/mol. The highest BCUT2D eigenvalue weighted by Gasteiger charge is 2.12. The second-order valence-corrected chi connectivity index (χ2v) is 4.84. The van der Waals surface area contributed by atoms with Crippen molar-refractivity contribution in [2.24, 2.45) is 0 Å². The summed E-state index contributed by atoms with van der Waals surface area (Å²) in [5.41, 5.74) is 1.43. The summed E-state index contributed by atoms with van der Waals surface area (Å²) < 4.78 is 1.67. The number of aromatic amines is 1. The van der Waals surface area contributed by atoms with Crippen LogP contribution in [0.4, 0.5) is 0 Å². The zero-order chi connectivity index (χ0) is 14.3. The number of carboxylic acids is 1. The van der Waals surface area contributed by atoms with Crippen LogP contribution in [0.1, 0.15) is 12.2 Å². The third-order valence-corrected chi connectivity index (χ3v) is 3.31. The fourth-order valence-electron chi connectivity index (χ4n) is 2.20. The van der Waals surface area contributed by atoms with Crippen LogP contribution in [0.5, 0.6) is 0 Å². The normalized spacial score (nSPS) is 11.2. The van der Waals surface area contributed by atoms with Crippen LogP contribution < -0.4 is 5.56 Å². The van der Waals surface area contributed by atoms with Gasteiger partial charge in [-0.2, -0.15) is 0 Å². The van der Waals surface area contributed by atoms with Gasteiger partial charge in [-0.15, -0.1) is 0 Å². The van der Waals surface area contributed by atoms with E-state index in [1.807, 2.05) is 0 Å². The number of hydrogen-bond donors (Lipinski definition) is 2. The maximum atomic E-state index is 12.0. The zero-order valence-electron chi connectivity index (χ0n) is 10.3. The summed E-state index contributed by atoms with van der Waals surface area (Å²) in [7, 11) is 0. The van der Waals surface area contributed by atoms with Crippen LogP contribution in [-0.4, -0.2) is 25.4 Å². The standard InChI is InChI=1S/C13H10ClN3O3/c14-7-1-2-9-8(5-7)16-13(20)10-6-15-11(17(9)10)3-4-12(18)19/h1-2,5-6H,3-4H2,(H,16,20)(H,18,19). The average Bonchev–Trinajstić information content (AvgIpc) is 2.80. The first-order valence-corrected chi connectivity index (χ1v) is 6.34. The number of carbonyl (C=O) groups is 1. The maximum absolute atomic E-state index is 12.0. The fourth-order valence-corrected chi connectivity index (χ4v) is 2.38. The summed E-state index contributed by atoms with van der Waals surface area (Å²) in [6, 6.07) is 5.13. The van der Waals surface area contributed by atoms with Gasteiger partial charge < -0.3 is 10.1 Å². The summed E-state index contributed by atoms with van der Waals surface area (Å²) in [6.45, 7) is 0. The number of aliphatic carboxylic acids is 1. The summed E-state index contributed by atoms with van der Waals surface area (Å²) in [6.07, 6.45) is 1.66. The van der Waals surface area contributed by atoms with Gasteiger partial charge in [0.15, 0.2) is 0 Å². The molecular weight excluding hydrogens is 282 g/mol. The van der Waals surface area contributed by atoms with E-state index in [0.717, 1.165) is 5.52 Å². The molecule has 3 rings (SSSR count). The molecule has 0 aliphatic heterocycles. The fraction of sp³-hybridized carbons (Fsp3) is 0.154. The third-order valence-electron chi connectivity index (χ3n) is 3.08. The molecule has 0 spiro atoms. The highest BCUT2D eigenvalue weighted by molar-refractivity contribution is 6.31. The van der Waals surface area contributed by atoms with Crippen LogP contribution in [0.2, 0.25) is 5.02 Å². The topological polar surface area (TPSA) is 87.5 Å². The van der Waals surface area contributed by atoms with Gasteiger partial charge >= 0.3 is 5.97 Å². The molecule has 0 saturated carbocycles. The molecule has 0 amide bonds. The number of aromatic nitrogens is 3. The molecule has 1 aromatic carbocycles. The number of H-pyrrole nitrogens is 1. The molecule has 7 heteroatoms. The van der Waals surface area contributed by atoms with E-state index in [2.05, 4.69) is 9.97 Å². The Hall–Kier alpha value is -2.34. The van der Waals surface area contributed by atoms with Crippen molar-refractivity contribution in [1.82, 2.24) is 14.4 Å². The smallest absolute Gasteiger partial charge is 0.303 e. The predicted molar refractivity (Wildman–Crippen MR) is 74.3 cm³/mol. The van der Waals surface area contributed by atoms with E-state index < -0.39 is 5.97 Å². The van der Waals surface area contributed by atoms with Crippen molar-refractivity contribution >= 4 is 34.1 Å². The van der Waals surface area contributed by atoms with E-state index in [4.69, 9.17) is 16.7 Å². The summed E-state index contributed by atoms with van der Waals surface area (Å²) in [5, 5.41) is 9.28. The van der Waals surface area contributed by atoms with Gasteiger partial charge in [-0.1, -0.05) is 11.6 Å². The lowest BCUT2D eigenvalue weighted by Crippen LogP contribution is -2.11. The lowest BCUT2D eigenvalue weighted by atomic mass is 10.2. The largest absolute Gasteiger partial charge is 0.481 e. The predicted octanol–water partition coefficient (Wildman–Crippen LogP) is 1.85. The molecule has 2 N–H and O–H groups in total. The van der Waals surface area contributed by atoms with Crippen LogP contribution in [0, 0.1) is 0 Å². The zero-order valence-corrected chi connectivity index (χ0v) is 11.0. The van der Waals surface area contributed by atoms with Gasteiger partial charge in [0, 0.05) is 11.4 Å². The van der Waals surface area contributed by atoms with Crippen molar-refractivity contribution in [2.45, 2.75) is 12.8 Å². The molecule has 6 nitrogen and oxygen atoms in total. The Morgan fingerprint density at radius 1 is 1.40 bits per heavy atom. The molecule has 0 unspecified atom stereocenters. The van der Waals surface area contributed by atoms with Crippen molar-refractivity contribution in [1.29, 1.82) is 0 Å². The van der Waals surface area contributed by atoms with Crippen LogP contribution in [0.3, 0.4) is 0 Å². The Morgan fingerprint density at radius 2 is 2.20 bits per heavy atom. The first-order valence-electron chi connectivity index (χ1n) is 5.96. The number of carboxylic acid groups (broad SMARTS) is 1. The second-order valence-electron chi connectivity index (χ2n) is 4.40. The Kier molecular flexibility index (Phi) is 2.94. The monoisotopic (exact) mass is 291 g/mol. The minimum absolute atomic E-state index is 0.0407. The SMILES string of the molecule is O=C(O)CCc1ncc2c(=O)[nH]c3cc(Cl)ccc3n12. The number of benzene rings is 1. The van der Waals surface area contributed by atoms with E-state index in [9.17, 15) is 9.59 Å². The lowest BCUT2D eigenvalue weighted by molar-refractivity contribution is -0.137. The van der Waals surface area contributed by atoms with Gasteiger partial charge in [-0.05, 0) is 18.2 Å². The Bertz CT molecular complexity index is 882. The van der Waals surface area contributed by atoms with Crippen molar-refractivity contribution in [3.63, 3.8) is 0 Å². The minimum Gasteiger partial charge on any atom is -0.481 e. The Labute approximate surface area is 117 Å². The van der Waals surface area contributed by atoms with Gasteiger partial charge in [0.1, 0.15) is 11.3 Å². The molecule has 0 saturated heterocycles. The lowest BCUT2D eigenvalue weighted by Gasteiger charge is -2.05. The van der Waals surface area contributed by atoms with Crippen LogP contribution in [-0.2, 0) is 11.2 Å². The molecular formula is C13H10ClN3O3. The van der Waals surface area contributed by atoms with Crippen molar-refractivity contribution < 1.29 is 9.90 Å². The molecule has 20 heavy (non-hydrogen) atoms. The molecule has 0 radical (unpaired) electrons. The number of nitrogens with one attached hydrogen (secondary N) is 1. The Morgan fingerprint density at radius 3 is 2.95 bits per heavy atom. The second kappa shape index (κ2) is 4.64. The molecule has 2 aromatic heterocycles. The van der Waals surface area contributed by atoms with Crippen LogP contribution in [0.15, 0.2) is 29.2 Å². The molecule has 0 aliphatic carbocycles. The minimum atomic E-state index is -0.904. The maximum Gasteiger partial charge on any atom is 0.303 e. The van der Waals surface area contributed by atoms with Crippen molar-refractivity contribution in [3.8, 4) is 0 Å². The molecule has 0 aliphatic rings. The molecule has 102 valence electrons. The van der Waals surface area contributed by atoms with Gasteiger partial charge in [0.2, 0.25) is 0 Å². The molecule has 0 bridgehead atoms. The van der Waals surface area contributed by atoms with Gasteiger partial charge in [-0.25, -0.2) is 4.98 Å². The quantitative estimate of drug-likeness (QED) is 0.771. The van der Waals surface area contributed by atoms with E-state index in [1.165, 1.54) is 6.20 Å². The summed E-state index contributed by atoms with van der Waals surface area (Å²) >= 11 is 5.91. The van der Waals surface area contributed by atoms with Crippen LogP contribution >= 0.6 is 11.6 Å². The highest BCUT2D eigenvalue weighted by atomic mass is 35.5. The summed E-state index contributed by atoms with van der Waals surface area (Å²) in [4.78, 5) is 29.5. The number of aryl methyl sites for hydroxylation is 1. The number of nitrogens with zero attached hydrogens (tertiary/aromatic N) is 2. The van der Waals surface area contributed by atoms with Crippen LogP contribution in [0.25, 0.3) is 16.6 Å². The molecule has 3 aromatic rings. The molecule has 0 atom stereocenters. The highest BCUT2D eigenvalue weighted by Crippen LogP contribution is 2.19. The first-order chi connectivity index (χ1) is 9.56.